The molecule has 1 aromatic carbocycles. The summed E-state index contributed by atoms with van der Waals surface area (Å²) in [6.45, 7) is 4.96. The molecule has 1 amide bonds. The van der Waals surface area contributed by atoms with Gasteiger partial charge in [0.1, 0.15) is 5.75 Å². The lowest BCUT2D eigenvalue weighted by Gasteiger charge is -2.26. The largest absolute Gasteiger partial charge is 0.508 e. The Labute approximate surface area is 102 Å². The molecule has 0 fully saturated rings. The third-order valence-electron chi connectivity index (χ3n) is 2.51. The molecule has 94 valence electrons. The van der Waals surface area contributed by atoms with Gasteiger partial charge in [0.15, 0.2) is 0 Å². The van der Waals surface area contributed by atoms with E-state index in [1.807, 2.05) is 13.8 Å². The fourth-order valence-electron chi connectivity index (χ4n) is 1.59. The van der Waals surface area contributed by atoms with Crippen molar-refractivity contribution < 1.29 is 14.6 Å². The predicted molar refractivity (Wildman–Crippen MR) is 66.2 cm³/mol. The molecule has 4 heteroatoms. The van der Waals surface area contributed by atoms with Crippen LogP contribution in [-0.2, 0) is 4.74 Å². The molecule has 1 aromatic rings. The topological polar surface area (TPSA) is 49.8 Å². The molecule has 0 heterocycles. The second kappa shape index (κ2) is 6.25. The number of amides is 1. The minimum absolute atomic E-state index is 0.0899. The number of hydrogen-bond acceptors (Lipinski definition) is 3. The number of phenols is 1. The van der Waals surface area contributed by atoms with Crippen LogP contribution in [0, 0.1) is 0 Å². The molecule has 0 bridgehead atoms. The third-order valence-corrected chi connectivity index (χ3v) is 2.51. The van der Waals surface area contributed by atoms with Crippen molar-refractivity contribution in [1.82, 2.24) is 4.90 Å². The molecule has 0 saturated carbocycles. The van der Waals surface area contributed by atoms with Gasteiger partial charge in [0, 0.05) is 25.3 Å². The summed E-state index contributed by atoms with van der Waals surface area (Å²) < 4.78 is 4.99. The number of rotatable bonds is 5. The molecule has 0 radical (unpaired) electrons. The van der Waals surface area contributed by atoms with Gasteiger partial charge >= 0.3 is 0 Å². The van der Waals surface area contributed by atoms with E-state index in [1.165, 1.54) is 6.07 Å². The van der Waals surface area contributed by atoms with Gasteiger partial charge in [0.2, 0.25) is 0 Å². The Kier molecular flexibility index (Phi) is 4.97. The molecule has 0 aliphatic rings. The SMILES string of the molecule is COCCN(C(=O)c1cccc(O)c1)C(C)C. The maximum atomic E-state index is 12.2. The van der Waals surface area contributed by atoms with Gasteiger partial charge in [-0.2, -0.15) is 0 Å². The highest BCUT2D eigenvalue weighted by molar-refractivity contribution is 5.94. The standard InChI is InChI=1S/C13H19NO3/c1-10(2)14(7-8-17-3)13(16)11-5-4-6-12(15)9-11/h4-6,9-10,15H,7-8H2,1-3H3. The average Bonchev–Trinajstić information content (AvgIpc) is 2.29. The van der Waals surface area contributed by atoms with Crippen molar-refractivity contribution in [3.05, 3.63) is 29.8 Å². The maximum Gasteiger partial charge on any atom is 0.254 e. The van der Waals surface area contributed by atoms with Crippen molar-refractivity contribution in [2.75, 3.05) is 20.3 Å². The van der Waals surface area contributed by atoms with Crippen molar-refractivity contribution >= 4 is 5.91 Å². The molecule has 0 unspecified atom stereocenters. The summed E-state index contributed by atoms with van der Waals surface area (Å²) in [6, 6.07) is 6.48. The van der Waals surface area contributed by atoms with Crippen LogP contribution in [0.4, 0.5) is 0 Å². The van der Waals surface area contributed by atoms with Crippen LogP contribution in [0.5, 0.6) is 5.75 Å². The van der Waals surface area contributed by atoms with Gasteiger partial charge in [-0.3, -0.25) is 4.79 Å². The van der Waals surface area contributed by atoms with Crippen molar-refractivity contribution in [3.8, 4) is 5.75 Å². The molecule has 1 rings (SSSR count). The summed E-state index contributed by atoms with van der Waals surface area (Å²) >= 11 is 0. The van der Waals surface area contributed by atoms with Crippen LogP contribution in [0.2, 0.25) is 0 Å². The first-order valence-corrected chi connectivity index (χ1v) is 5.65. The fraction of sp³-hybridized carbons (Fsp3) is 0.462. The number of benzene rings is 1. The van der Waals surface area contributed by atoms with Gasteiger partial charge in [-0.05, 0) is 32.0 Å². The van der Waals surface area contributed by atoms with E-state index < -0.39 is 0 Å². The van der Waals surface area contributed by atoms with E-state index in [4.69, 9.17) is 4.74 Å². The number of hydrogen-bond donors (Lipinski definition) is 1. The number of phenolic OH excluding ortho intramolecular Hbond substituents is 1. The molecule has 0 atom stereocenters. The van der Waals surface area contributed by atoms with E-state index in [2.05, 4.69) is 0 Å². The molecule has 0 aromatic heterocycles. The molecule has 0 aliphatic carbocycles. The molecule has 0 spiro atoms. The summed E-state index contributed by atoms with van der Waals surface area (Å²) in [7, 11) is 1.61. The van der Waals surface area contributed by atoms with Crippen LogP contribution in [-0.4, -0.2) is 42.2 Å². The van der Waals surface area contributed by atoms with Gasteiger partial charge < -0.3 is 14.7 Å². The Morgan fingerprint density at radius 2 is 2.18 bits per heavy atom. The Balaban J connectivity index is 2.84. The van der Waals surface area contributed by atoms with E-state index in [9.17, 15) is 9.90 Å². The van der Waals surface area contributed by atoms with Crippen LogP contribution in [0.25, 0.3) is 0 Å². The van der Waals surface area contributed by atoms with Gasteiger partial charge in [0.25, 0.3) is 5.91 Å². The van der Waals surface area contributed by atoms with Gasteiger partial charge in [-0.15, -0.1) is 0 Å². The molecular formula is C13H19NO3. The van der Waals surface area contributed by atoms with E-state index in [1.54, 1.807) is 30.2 Å². The molecule has 0 aliphatic heterocycles. The zero-order chi connectivity index (χ0) is 12.8. The summed E-state index contributed by atoms with van der Waals surface area (Å²) in [4.78, 5) is 13.9. The first-order chi connectivity index (χ1) is 8.06. The van der Waals surface area contributed by atoms with Crippen molar-refractivity contribution in [3.63, 3.8) is 0 Å². The van der Waals surface area contributed by atoms with Gasteiger partial charge in [-0.1, -0.05) is 6.07 Å². The van der Waals surface area contributed by atoms with Crippen LogP contribution in [0.15, 0.2) is 24.3 Å². The first kappa shape index (κ1) is 13.5. The minimum atomic E-state index is -0.0899. The highest BCUT2D eigenvalue weighted by Crippen LogP contribution is 2.14. The second-order valence-corrected chi connectivity index (χ2v) is 4.14. The lowest BCUT2D eigenvalue weighted by atomic mass is 10.1. The average molecular weight is 237 g/mol. The van der Waals surface area contributed by atoms with Crippen LogP contribution in [0.1, 0.15) is 24.2 Å². The number of aromatic hydroxyl groups is 1. The summed E-state index contributed by atoms with van der Waals surface area (Å²) in [6.07, 6.45) is 0. The quantitative estimate of drug-likeness (QED) is 0.850. The smallest absolute Gasteiger partial charge is 0.254 e. The van der Waals surface area contributed by atoms with Crippen molar-refractivity contribution in [1.29, 1.82) is 0 Å². The third kappa shape index (κ3) is 3.75. The second-order valence-electron chi connectivity index (χ2n) is 4.14. The van der Waals surface area contributed by atoms with Crippen LogP contribution < -0.4 is 0 Å². The lowest BCUT2D eigenvalue weighted by molar-refractivity contribution is 0.0634. The van der Waals surface area contributed by atoms with Gasteiger partial charge in [0.05, 0.1) is 6.61 Å². The van der Waals surface area contributed by atoms with Gasteiger partial charge in [-0.25, -0.2) is 0 Å². The number of carbonyl (C=O) groups is 1. The van der Waals surface area contributed by atoms with E-state index in [-0.39, 0.29) is 17.7 Å². The highest BCUT2D eigenvalue weighted by Gasteiger charge is 2.18. The Morgan fingerprint density at radius 3 is 2.71 bits per heavy atom. The normalized spacial score (nSPS) is 10.6. The molecule has 17 heavy (non-hydrogen) atoms. The zero-order valence-electron chi connectivity index (χ0n) is 10.5. The molecule has 1 N–H and O–H groups in total. The molecule has 0 saturated heterocycles. The van der Waals surface area contributed by atoms with Crippen molar-refractivity contribution in [2.24, 2.45) is 0 Å². The van der Waals surface area contributed by atoms with E-state index >= 15 is 0 Å². The maximum absolute atomic E-state index is 12.2. The molecular weight excluding hydrogens is 218 g/mol. The Bertz CT molecular complexity index is 377. The van der Waals surface area contributed by atoms with E-state index in [0.29, 0.717) is 18.7 Å². The number of ether oxygens (including phenoxy) is 1. The number of carbonyl (C=O) groups excluding carboxylic acids is 1. The van der Waals surface area contributed by atoms with Crippen LogP contribution in [0.3, 0.4) is 0 Å². The van der Waals surface area contributed by atoms with Crippen LogP contribution >= 0.6 is 0 Å². The fourth-order valence-corrected chi connectivity index (χ4v) is 1.59. The first-order valence-electron chi connectivity index (χ1n) is 5.65. The zero-order valence-corrected chi connectivity index (χ0v) is 10.5. The Hall–Kier alpha value is -1.55. The number of nitrogens with zero attached hydrogens (tertiary/aromatic N) is 1. The summed E-state index contributed by atoms with van der Waals surface area (Å²) in [5.74, 6) is 0.0132. The summed E-state index contributed by atoms with van der Waals surface area (Å²) in [5, 5.41) is 9.36. The molecule has 4 nitrogen and oxygen atoms in total. The Morgan fingerprint density at radius 1 is 1.47 bits per heavy atom. The highest BCUT2D eigenvalue weighted by atomic mass is 16.5. The number of methoxy groups -OCH3 is 1. The predicted octanol–water partition coefficient (Wildman–Crippen LogP) is 1.89. The summed E-state index contributed by atoms with van der Waals surface area (Å²) in [5.41, 5.74) is 0.495. The van der Waals surface area contributed by atoms with Crippen molar-refractivity contribution in [2.45, 2.75) is 19.9 Å². The van der Waals surface area contributed by atoms with E-state index in [0.717, 1.165) is 0 Å². The monoisotopic (exact) mass is 237 g/mol. The minimum Gasteiger partial charge on any atom is -0.508 e. The lowest BCUT2D eigenvalue weighted by Crippen LogP contribution is -2.39.